The van der Waals surface area contributed by atoms with Crippen LogP contribution < -0.4 is 5.32 Å². The molecule has 0 bridgehead atoms. The van der Waals surface area contributed by atoms with E-state index in [1.54, 1.807) is 19.0 Å². The van der Waals surface area contributed by atoms with Crippen molar-refractivity contribution >= 4 is 5.69 Å². The number of halogens is 5. The molecule has 0 aliphatic heterocycles. The van der Waals surface area contributed by atoms with Gasteiger partial charge in [0.15, 0.2) is 0 Å². The zero-order valence-corrected chi connectivity index (χ0v) is 12.4. The number of nitrogens with zero attached hydrogens (tertiary/aromatic N) is 2. The molecular weight excluding hydrogens is 317 g/mol. The molecule has 0 aliphatic rings. The van der Waals surface area contributed by atoms with Gasteiger partial charge in [-0.25, -0.2) is 4.39 Å². The van der Waals surface area contributed by atoms with Crippen molar-refractivity contribution in [3.8, 4) is 0 Å². The summed E-state index contributed by atoms with van der Waals surface area (Å²) in [5.41, 5.74) is -0.0597. The van der Waals surface area contributed by atoms with Crippen LogP contribution in [0.2, 0.25) is 0 Å². The highest BCUT2D eigenvalue weighted by atomic mass is 19.2. The number of benzene rings is 1. The van der Waals surface area contributed by atoms with E-state index in [1.807, 2.05) is 0 Å². The van der Waals surface area contributed by atoms with E-state index >= 15 is 0 Å². The van der Waals surface area contributed by atoms with Crippen molar-refractivity contribution in [2.24, 2.45) is 0 Å². The van der Waals surface area contributed by atoms with E-state index in [4.69, 9.17) is 0 Å². The maximum absolute atomic E-state index is 13.7. The maximum Gasteiger partial charge on any atom is 0.253 e. The standard InChI is InChI=1S/C15H14F5N3/c1-23(2)7-9-5-8(3-4-10(9)16)6-21-13-11(17)14(19)22-15(20)12(13)18/h3-5H,6-7H2,1-2H3,(H,21,22). The van der Waals surface area contributed by atoms with Gasteiger partial charge in [0.2, 0.25) is 11.6 Å². The molecule has 0 atom stereocenters. The van der Waals surface area contributed by atoms with Crippen molar-refractivity contribution in [1.29, 1.82) is 0 Å². The number of anilines is 1. The molecule has 8 heteroatoms. The zero-order chi connectivity index (χ0) is 17.1. The van der Waals surface area contributed by atoms with Crippen LogP contribution in [0.15, 0.2) is 18.2 Å². The molecule has 1 aromatic heterocycles. The first kappa shape index (κ1) is 17.1. The first-order chi connectivity index (χ1) is 10.8. The fraction of sp³-hybridized carbons (Fsp3) is 0.267. The molecule has 0 amide bonds. The number of rotatable bonds is 5. The summed E-state index contributed by atoms with van der Waals surface area (Å²) < 4.78 is 66.7. The smallest absolute Gasteiger partial charge is 0.253 e. The summed E-state index contributed by atoms with van der Waals surface area (Å²) in [5.74, 6) is -7.11. The molecule has 1 aromatic carbocycles. The third-order valence-electron chi connectivity index (χ3n) is 3.06. The fourth-order valence-corrected chi connectivity index (χ4v) is 2.03. The fourth-order valence-electron chi connectivity index (χ4n) is 2.03. The van der Waals surface area contributed by atoms with Crippen LogP contribution in [0.25, 0.3) is 0 Å². The van der Waals surface area contributed by atoms with E-state index in [0.29, 0.717) is 17.7 Å². The summed E-state index contributed by atoms with van der Waals surface area (Å²) in [4.78, 5) is 4.22. The first-order valence-corrected chi connectivity index (χ1v) is 6.65. The normalized spacial score (nSPS) is 11.1. The lowest BCUT2D eigenvalue weighted by Gasteiger charge is -2.13. The van der Waals surface area contributed by atoms with Crippen molar-refractivity contribution in [2.75, 3.05) is 19.4 Å². The first-order valence-electron chi connectivity index (χ1n) is 6.65. The molecule has 0 unspecified atom stereocenters. The van der Waals surface area contributed by atoms with Crippen molar-refractivity contribution < 1.29 is 22.0 Å². The molecule has 124 valence electrons. The summed E-state index contributed by atoms with van der Waals surface area (Å²) >= 11 is 0. The summed E-state index contributed by atoms with van der Waals surface area (Å²) in [5, 5.41) is 2.27. The van der Waals surface area contributed by atoms with Crippen molar-refractivity contribution in [3.63, 3.8) is 0 Å². The van der Waals surface area contributed by atoms with Gasteiger partial charge in [-0.1, -0.05) is 6.07 Å². The van der Waals surface area contributed by atoms with Gasteiger partial charge in [-0.3, -0.25) is 0 Å². The Hall–Kier alpha value is -2.22. The lowest BCUT2D eigenvalue weighted by atomic mass is 10.1. The molecule has 1 heterocycles. The second-order valence-corrected chi connectivity index (χ2v) is 5.21. The third-order valence-corrected chi connectivity index (χ3v) is 3.06. The molecule has 0 fully saturated rings. The van der Waals surface area contributed by atoms with E-state index in [1.165, 1.54) is 18.2 Å². The summed E-state index contributed by atoms with van der Waals surface area (Å²) in [6.45, 7) is 0.193. The van der Waals surface area contributed by atoms with Crippen molar-refractivity contribution in [2.45, 2.75) is 13.1 Å². The number of pyridine rings is 1. The molecule has 0 radical (unpaired) electrons. The van der Waals surface area contributed by atoms with Crippen LogP contribution in [0.5, 0.6) is 0 Å². The number of hydrogen-bond acceptors (Lipinski definition) is 3. The lowest BCUT2D eigenvalue weighted by molar-refractivity contribution is 0.392. The molecule has 0 saturated carbocycles. The second-order valence-electron chi connectivity index (χ2n) is 5.21. The number of hydrogen-bond donors (Lipinski definition) is 1. The predicted octanol–water partition coefficient (Wildman–Crippen LogP) is 3.45. The van der Waals surface area contributed by atoms with Gasteiger partial charge in [0.25, 0.3) is 11.9 Å². The van der Waals surface area contributed by atoms with Gasteiger partial charge in [0.1, 0.15) is 11.5 Å². The highest BCUT2D eigenvalue weighted by Gasteiger charge is 2.20. The van der Waals surface area contributed by atoms with Gasteiger partial charge < -0.3 is 10.2 Å². The van der Waals surface area contributed by atoms with Gasteiger partial charge in [-0.15, -0.1) is 0 Å². The zero-order valence-electron chi connectivity index (χ0n) is 12.4. The van der Waals surface area contributed by atoms with Gasteiger partial charge in [0, 0.05) is 18.7 Å². The topological polar surface area (TPSA) is 28.2 Å². The van der Waals surface area contributed by atoms with Gasteiger partial charge in [0.05, 0.1) is 0 Å². The lowest BCUT2D eigenvalue weighted by Crippen LogP contribution is -2.13. The van der Waals surface area contributed by atoms with E-state index in [0.717, 1.165) is 0 Å². The van der Waals surface area contributed by atoms with Gasteiger partial charge in [-0.2, -0.15) is 22.5 Å². The van der Waals surface area contributed by atoms with Gasteiger partial charge in [-0.05, 0) is 31.8 Å². The van der Waals surface area contributed by atoms with Crippen molar-refractivity contribution in [3.05, 3.63) is 58.7 Å². The highest BCUT2D eigenvalue weighted by Crippen LogP contribution is 2.23. The van der Waals surface area contributed by atoms with E-state index in [9.17, 15) is 22.0 Å². The minimum Gasteiger partial charge on any atom is -0.376 e. The quantitative estimate of drug-likeness (QED) is 0.672. The SMILES string of the molecule is CN(C)Cc1cc(CNc2c(F)c(F)nc(F)c2F)ccc1F. The summed E-state index contributed by atoms with van der Waals surface area (Å²) in [7, 11) is 3.52. The highest BCUT2D eigenvalue weighted by molar-refractivity contribution is 5.46. The average molecular weight is 331 g/mol. The molecule has 0 aliphatic carbocycles. The van der Waals surface area contributed by atoms with Crippen LogP contribution >= 0.6 is 0 Å². The Balaban J connectivity index is 2.22. The van der Waals surface area contributed by atoms with Crippen LogP contribution in [0, 0.1) is 29.3 Å². The van der Waals surface area contributed by atoms with Crippen LogP contribution in [-0.2, 0) is 13.1 Å². The van der Waals surface area contributed by atoms with Crippen LogP contribution in [-0.4, -0.2) is 24.0 Å². The molecule has 23 heavy (non-hydrogen) atoms. The summed E-state index contributed by atoms with van der Waals surface area (Å²) in [6, 6.07) is 4.13. The van der Waals surface area contributed by atoms with Crippen LogP contribution in [0.3, 0.4) is 0 Å². The Bertz CT molecular complexity index is 692. The molecular formula is C15H14F5N3. The monoisotopic (exact) mass is 331 g/mol. The maximum atomic E-state index is 13.7. The number of nitrogens with one attached hydrogen (secondary N) is 1. The summed E-state index contributed by atoms with van der Waals surface area (Å²) in [6.07, 6.45) is 0. The third kappa shape index (κ3) is 3.95. The average Bonchev–Trinajstić information content (AvgIpc) is 2.48. The molecule has 2 aromatic rings. The second kappa shape index (κ2) is 6.91. The Morgan fingerprint density at radius 2 is 1.61 bits per heavy atom. The van der Waals surface area contributed by atoms with Crippen molar-refractivity contribution in [1.82, 2.24) is 9.88 Å². The number of aromatic nitrogens is 1. The minimum atomic E-state index is -1.74. The molecule has 0 spiro atoms. The van der Waals surface area contributed by atoms with Gasteiger partial charge >= 0.3 is 0 Å². The Labute approximate surface area is 129 Å². The van der Waals surface area contributed by atoms with E-state index < -0.39 is 35.0 Å². The van der Waals surface area contributed by atoms with E-state index in [2.05, 4.69) is 10.3 Å². The minimum absolute atomic E-state index is 0.141. The Morgan fingerprint density at radius 1 is 1.00 bits per heavy atom. The van der Waals surface area contributed by atoms with Crippen LogP contribution in [0.4, 0.5) is 27.6 Å². The Kier molecular flexibility index (Phi) is 5.15. The predicted molar refractivity (Wildman–Crippen MR) is 75.2 cm³/mol. The Morgan fingerprint density at radius 3 is 2.17 bits per heavy atom. The molecule has 0 saturated heterocycles. The van der Waals surface area contributed by atoms with E-state index in [-0.39, 0.29) is 6.54 Å². The molecule has 2 rings (SSSR count). The van der Waals surface area contributed by atoms with Crippen LogP contribution in [0.1, 0.15) is 11.1 Å². The molecule has 1 N–H and O–H groups in total. The largest absolute Gasteiger partial charge is 0.376 e. The molecule has 3 nitrogen and oxygen atoms in total.